The van der Waals surface area contributed by atoms with E-state index in [-0.39, 0.29) is 5.91 Å². The van der Waals surface area contributed by atoms with Crippen molar-refractivity contribution in [1.29, 1.82) is 0 Å². The van der Waals surface area contributed by atoms with Gasteiger partial charge in [0.25, 0.3) is 0 Å². The minimum Gasteiger partial charge on any atom is -0.352 e. The lowest BCUT2D eigenvalue weighted by molar-refractivity contribution is -0.120. The van der Waals surface area contributed by atoms with Crippen LogP contribution in [-0.2, 0) is 17.8 Å². The fraction of sp³-hybridized carbons (Fsp3) is 0.0952. The summed E-state index contributed by atoms with van der Waals surface area (Å²) in [5, 5.41) is 3.60. The number of halogens is 1. The number of nitrogens with one attached hydrogen (secondary N) is 1. The Hall–Kier alpha value is -2.58. The van der Waals surface area contributed by atoms with Crippen molar-refractivity contribution < 1.29 is 4.79 Å². The lowest BCUT2D eigenvalue weighted by Crippen LogP contribution is -2.24. The maximum atomic E-state index is 12.1. The second kappa shape index (κ2) is 7.80. The van der Waals surface area contributed by atoms with E-state index in [1.165, 1.54) is 5.56 Å². The average Bonchev–Trinajstić information content (AvgIpc) is 2.61. The number of hydrogen-bond donors (Lipinski definition) is 1. The van der Waals surface area contributed by atoms with Crippen LogP contribution < -0.4 is 5.32 Å². The van der Waals surface area contributed by atoms with Gasteiger partial charge in [0.15, 0.2) is 0 Å². The number of rotatable bonds is 5. The van der Waals surface area contributed by atoms with E-state index >= 15 is 0 Å². The molecule has 1 amide bonds. The Bertz CT molecular complexity index is 813. The largest absolute Gasteiger partial charge is 0.352 e. The Labute approximate surface area is 147 Å². The highest BCUT2D eigenvalue weighted by molar-refractivity contribution is 6.30. The lowest BCUT2D eigenvalue weighted by Gasteiger charge is -2.07. The van der Waals surface area contributed by atoms with Crippen molar-refractivity contribution in [2.45, 2.75) is 13.0 Å². The molecule has 0 atom stereocenters. The Balaban J connectivity index is 1.57. The molecule has 0 unspecified atom stereocenters. The van der Waals surface area contributed by atoms with Crippen LogP contribution in [0.4, 0.5) is 0 Å². The van der Waals surface area contributed by atoms with E-state index < -0.39 is 0 Å². The molecule has 1 N–H and O–H groups in total. The molecule has 0 heterocycles. The van der Waals surface area contributed by atoms with Gasteiger partial charge in [0.05, 0.1) is 6.42 Å². The minimum atomic E-state index is 0.00226. The molecule has 24 heavy (non-hydrogen) atoms. The molecule has 0 aliphatic carbocycles. The van der Waals surface area contributed by atoms with E-state index in [0.717, 1.165) is 16.7 Å². The van der Waals surface area contributed by atoms with Crippen LogP contribution in [0.1, 0.15) is 11.1 Å². The van der Waals surface area contributed by atoms with Crippen molar-refractivity contribution in [2.24, 2.45) is 0 Å². The van der Waals surface area contributed by atoms with Crippen LogP contribution in [0.2, 0.25) is 5.02 Å². The number of amides is 1. The zero-order chi connectivity index (χ0) is 16.8. The summed E-state index contributed by atoms with van der Waals surface area (Å²) in [6, 6.07) is 25.8. The van der Waals surface area contributed by atoms with E-state index in [1.807, 2.05) is 54.6 Å². The van der Waals surface area contributed by atoms with Crippen molar-refractivity contribution in [3.63, 3.8) is 0 Å². The van der Waals surface area contributed by atoms with Gasteiger partial charge in [-0.3, -0.25) is 4.79 Å². The first-order chi connectivity index (χ1) is 11.7. The van der Waals surface area contributed by atoms with E-state index in [1.54, 1.807) is 0 Å². The predicted molar refractivity (Wildman–Crippen MR) is 98.9 cm³/mol. The third kappa shape index (κ3) is 4.46. The zero-order valence-electron chi connectivity index (χ0n) is 13.2. The molecule has 0 fully saturated rings. The first kappa shape index (κ1) is 16.3. The average molecular weight is 336 g/mol. The molecule has 0 bridgehead atoms. The molecule has 120 valence electrons. The highest BCUT2D eigenvalue weighted by atomic mass is 35.5. The van der Waals surface area contributed by atoms with Crippen LogP contribution in [0.5, 0.6) is 0 Å². The first-order valence-electron chi connectivity index (χ1n) is 7.86. The van der Waals surface area contributed by atoms with Crippen molar-refractivity contribution >= 4 is 17.5 Å². The van der Waals surface area contributed by atoms with Gasteiger partial charge in [0.1, 0.15) is 0 Å². The van der Waals surface area contributed by atoms with Gasteiger partial charge in [0.2, 0.25) is 5.91 Å². The fourth-order valence-corrected chi connectivity index (χ4v) is 2.75. The number of benzene rings is 3. The predicted octanol–water partition coefficient (Wildman–Crippen LogP) is 4.87. The molecule has 3 heteroatoms. The summed E-state index contributed by atoms with van der Waals surface area (Å²) in [6.45, 7) is 0.488. The molecule has 0 saturated carbocycles. The van der Waals surface area contributed by atoms with Crippen molar-refractivity contribution in [3.8, 4) is 11.1 Å². The molecule has 0 aliphatic heterocycles. The highest BCUT2D eigenvalue weighted by Gasteiger charge is 2.04. The molecule has 0 aliphatic rings. The molecule has 0 spiro atoms. The van der Waals surface area contributed by atoms with E-state index in [0.29, 0.717) is 18.0 Å². The maximum Gasteiger partial charge on any atom is 0.224 e. The van der Waals surface area contributed by atoms with Crippen LogP contribution in [-0.4, -0.2) is 5.91 Å². The van der Waals surface area contributed by atoms with E-state index in [2.05, 4.69) is 29.6 Å². The normalized spacial score (nSPS) is 10.4. The van der Waals surface area contributed by atoms with Crippen LogP contribution in [0.15, 0.2) is 78.9 Å². The molecule has 0 aromatic heterocycles. The summed E-state index contributed by atoms with van der Waals surface area (Å²) in [5.74, 6) is 0.00226. The van der Waals surface area contributed by atoms with E-state index in [4.69, 9.17) is 11.6 Å². The topological polar surface area (TPSA) is 29.1 Å². The molecule has 3 aromatic carbocycles. The maximum absolute atomic E-state index is 12.1. The standard InChI is InChI=1S/C21H18ClNO/c22-20-8-4-5-17(13-20)15-23-21(24)14-16-9-11-19(12-10-16)18-6-2-1-3-7-18/h1-13H,14-15H2,(H,23,24). The van der Waals surface area contributed by atoms with Crippen LogP contribution in [0, 0.1) is 0 Å². The van der Waals surface area contributed by atoms with Gasteiger partial charge in [-0.2, -0.15) is 0 Å². The quantitative estimate of drug-likeness (QED) is 0.708. The van der Waals surface area contributed by atoms with Gasteiger partial charge < -0.3 is 5.32 Å². The van der Waals surface area contributed by atoms with Gasteiger partial charge in [-0.15, -0.1) is 0 Å². The highest BCUT2D eigenvalue weighted by Crippen LogP contribution is 2.19. The Kier molecular flexibility index (Phi) is 5.29. The monoisotopic (exact) mass is 335 g/mol. The van der Waals surface area contributed by atoms with Crippen molar-refractivity contribution in [2.75, 3.05) is 0 Å². The lowest BCUT2D eigenvalue weighted by atomic mass is 10.0. The SMILES string of the molecule is O=C(Cc1ccc(-c2ccccc2)cc1)NCc1cccc(Cl)c1. The first-order valence-corrected chi connectivity index (χ1v) is 8.24. The minimum absolute atomic E-state index is 0.00226. The number of hydrogen-bond acceptors (Lipinski definition) is 1. The Morgan fingerprint density at radius 3 is 2.21 bits per heavy atom. The third-order valence-electron chi connectivity index (χ3n) is 3.80. The third-order valence-corrected chi connectivity index (χ3v) is 4.04. The van der Waals surface area contributed by atoms with Crippen molar-refractivity contribution in [1.82, 2.24) is 5.32 Å². The molecular weight excluding hydrogens is 318 g/mol. The summed E-state index contributed by atoms with van der Waals surface area (Å²) < 4.78 is 0. The van der Waals surface area contributed by atoms with Gasteiger partial charge in [0, 0.05) is 11.6 Å². The molecule has 3 rings (SSSR count). The fourth-order valence-electron chi connectivity index (χ4n) is 2.54. The van der Waals surface area contributed by atoms with Crippen LogP contribution in [0.25, 0.3) is 11.1 Å². The summed E-state index contributed by atoms with van der Waals surface area (Å²) in [6.07, 6.45) is 0.371. The van der Waals surface area contributed by atoms with E-state index in [9.17, 15) is 4.79 Å². The zero-order valence-corrected chi connectivity index (χ0v) is 14.0. The van der Waals surface area contributed by atoms with Crippen LogP contribution in [0.3, 0.4) is 0 Å². The van der Waals surface area contributed by atoms with Crippen molar-refractivity contribution in [3.05, 3.63) is 95.0 Å². The smallest absolute Gasteiger partial charge is 0.224 e. The Morgan fingerprint density at radius 1 is 0.792 bits per heavy atom. The summed E-state index contributed by atoms with van der Waals surface area (Å²) in [5.41, 5.74) is 4.32. The second-order valence-corrected chi connectivity index (χ2v) is 6.08. The summed E-state index contributed by atoms with van der Waals surface area (Å²) in [7, 11) is 0. The van der Waals surface area contributed by atoms with Gasteiger partial charge in [-0.1, -0.05) is 78.3 Å². The second-order valence-electron chi connectivity index (χ2n) is 5.65. The molecule has 2 nitrogen and oxygen atoms in total. The van der Waals surface area contributed by atoms with Crippen LogP contribution >= 0.6 is 11.6 Å². The number of carbonyl (C=O) groups is 1. The summed E-state index contributed by atoms with van der Waals surface area (Å²) >= 11 is 5.94. The van der Waals surface area contributed by atoms with Gasteiger partial charge in [-0.25, -0.2) is 0 Å². The Morgan fingerprint density at radius 2 is 1.50 bits per heavy atom. The van der Waals surface area contributed by atoms with Gasteiger partial charge >= 0.3 is 0 Å². The molecule has 0 radical (unpaired) electrons. The molecule has 0 saturated heterocycles. The molecule has 3 aromatic rings. The number of carbonyl (C=O) groups excluding carboxylic acids is 1. The summed E-state index contributed by atoms with van der Waals surface area (Å²) in [4.78, 5) is 12.1. The van der Waals surface area contributed by atoms with Gasteiger partial charge in [-0.05, 0) is 34.4 Å². The molecular formula is C21H18ClNO.